The van der Waals surface area contributed by atoms with E-state index < -0.39 is 0 Å². The van der Waals surface area contributed by atoms with Gasteiger partial charge in [-0.25, -0.2) is 0 Å². The van der Waals surface area contributed by atoms with Gasteiger partial charge in [0.25, 0.3) is 0 Å². The number of benzene rings is 1. The number of likely N-dealkylation sites (N-methyl/N-ethyl adjacent to an activating group) is 2. The third-order valence-electron chi connectivity index (χ3n) is 3.56. The van der Waals surface area contributed by atoms with Crippen molar-refractivity contribution in [2.75, 3.05) is 32.9 Å². The number of halogens is 1. The molecule has 1 aromatic rings. The summed E-state index contributed by atoms with van der Waals surface area (Å²) in [6.07, 6.45) is 3.68. The van der Waals surface area contributed by atoms with E-state index in [1.165, 1.54) is 35.3 Å². The molecule has 1 N–H and O–H groups in total. The van der Waals surface area contributed by atoms with Gasteiger partial charge in [0.15, 0.2) is 0 Å². The molecule has 20 heavy (non-hydrogen) atoms. The van der Waals surface area contributed by atoms with E-state index in [0.717, 1.165) is 13.1 Å². The number of carbonyl (C=O) groups is 1. The number of fused-ring (bicyclic) bond motifs is 1. The Labute approximate surface area is 131 Å². The number of hydrogen-bond acceptors (Lipinski definition) is 3. The van der Waals surface area contributed by atoms with Crippen LogP contribution >= 0.6 is 24.2 Å². The summed E-state index contributed by atoms with van der Waals surface area (Å²) >= 11 is 1.64. The summed E-state index contributed by atoms with van der Waals surface area (Å²) in [7, 11) is 3.76. The van der Waals surface area contributed by atoms with Gasteiger partial charge in [0.1, 0.15) is 0 Å². The first-order valence-corrected chi connectivity index (χ1v) is 7.82. The van der Waals surface area contributed by atoms with Crippen molar-refractivity contribution in [1.29, 1.82) is 0 Å². The van der Waals surface area contributed by atoms with Gasteiger partial charge < -0.3 is 10.2 Å². The maximum absolute atomic E-state index is 11.9. The van der Waals surface area contributed by atoms with Gasteiger partial charge in [0.05, 0.1) is 5.75 Å². The van der Waals surface area contributed by atoms with Crippen LogP contribution in [0.5, 0.6) is 0 Å². The highest BCUT2D eigenvalue weighted by Gasteiger charge is 2.12. The van der Waals surface area contributed by atoms with Gasteiger partial charge in [0.2, 0.25) is 5.91 Å². The average Bonchev–Trinajstić information content (AvgIpc) is 2.89. The topological polar surface area (TPSA) is 32.3 Å². The molecule has 5 heteroatoms. The summed E-state index contributed by atoms with van der Waals surface area (Å²) in [5, 5.41) is 3.05. The highest BCUT2D eigenvalue weighted by Crippen LogP contribution is 2.27. The van der Waals surface area contributed by atoms with Gasteiger partial charge in [-0.3, -0.25) is 4.79 Å². The molecule has 0 aromatic heterocycles. The third kappa shape index (κ3) is 4.69. The molecule has 1 amide bonds. The highest BCUT2D eigenvalue weighted by molar-refractivity contribution is 8.00. The van der Waals surface area contributed by atoms with Gasteiger partial charge in [-0.05, 0) is 49.6 Å². The fourth-order valence-electron chi connectivity index (χ4n) is 2.30. The van der Waals surface area contributed by atoms with Gasteiger partial charge in [0, 0.05) is 25.0 Å². The van der Waals surface area contributed by atoms with Crippen LogP contribution in [0, 0.1) is 0 Å². The largest absolute Gasteiger partial charge is 0.344 e. The normalized spacial score (nSPS) is 12.7. The van der Waals surface area contributed by atoms with E-state index in [9.17, 15) is 4.79 Å². The minimum absolute atomic E-state index is 0. The second-order valence-electron chi connectivity index (χ2n) is 4.99. The molecule has 1 aromatic carbocycles. The number of rotatable bonds is 6. The first-order valence-electron chi connectivity index (χ1n) is 6.84. The lowest BCUT2D eigenvalue weighted by Crippen LogP contribution is -2.33. The van der Waals surface area contributed by atoms with Gasteiger partial charge >= 0.3 is 0 Å². The van der Waals surface area contributed by atoms with Gasteiger partial charge in [-0.15, -0.1) is 24.2 Å². The molecule has 0 saturated carbocycles. The van der Waals surface area contributed by atoms with Crippen LogP contribution in [-0.4, -0.2) is 43.7 Å². The minimum Gasteiger partial charge on any atom is -0.344 e. The smallest absolute Gasteiger partial charge is 0.232 e. The van der Waals surface area contributed by atoms with E-state index in [0.29, 0.717) is 5.75 Å². The molecule has 0 heterocycles. The number of aryl methyl sites for hydroxylation is 2. The Hall–Kier alpha value is -0.710. The molecule has 0 saturated heterocycles. The molecule has 1 aliphatic rings. The molecule has 0 unspecified atom stereocenters. The van der Waals surface area contributed by atoms with Crippen LogP contribution in [0.2, 0.25) is 0 Å². The predicted molar refractivity (Wildman–Crippen MR) is 88.0 cm³/mol. The highest BCUT2D eigenvalue weighted by atomic mass is 35.5. The van der Waals surface area contributed by atoms with Crippen molar-refractivity contribution in [2.45, 2.75) is 24.2 Å². The maximum Gasteiger partial charge on any atom is 0.232 e. The van der Waals surface area contributed by atoms with Gasteiger partial charge in [-0.2, -0.15) is 0 Å². The summed E-state index contributed by atoms with van der Waals surface area (Å²) in [6.45, 7) is 1.60. The van der Waals surface area contributed by atoms with Crippen LogP contribution in [0.15, 0.2) is 23.1 Å². The Bertz CT molecular complexity index is 453. The Kier molecular flexibility index (Phi) is 7.41. The zero-order valence-corrected chi connectivity index (χ0v) is 13.8. The Morgan fingerprint density at radius 3 is 2.85 bits per heavy atom. The first-order chi connectivity index (χ1) is 9.20. The predicted octanol–water partition coefficient (Wildman–Crippen LogP) is 2.37. The minimum atomic E-state index is 0. The Morgan fingerprint density at radius 2 is 2.10 bits per heavy atom. The van der Waals surface area contributed by atoms with Crippen LogP contribution in [0.25, 0.3) is 0 Å². The lowest BCUT2D eigenvalue weighted by Gasteiger charge is -2.16. The molecule has 0 fully saturated rings. The first kappa shape index (κ1) is 17.3. The van der Waals surface area contributed by atoms with E-state index in [4.69, 9.17) is 0 Å². The van der Waals surface area contributed by atoms with Crippen molar-refractivity contribution in [2.24, 2.45) is 0 Å². The van der Waals surface area contributed by atoms with Crippen LogP contribution in [0.4, 0.5) is 0 Å². The summed E-state index contributed by atoms with van der Waals surface area (Å²) in [4.78, 5) is 14.9. The van der Waals surface area contributed by atoms with Crippen LogP contribution in [-0.2, 0) is 17.6 Å². The molecular formula is C15H23ClN2OS. The van der Waals surface area contributed by atoms with E-state index in [-0.39, 0.29) is 18.3 Å². The van der Waals surface area contributed by atoms with E-state index in [1.54, 1.807) is 16.7 Å². The molecule has 2 rings (SSSR count). The Balaban J connectivity index is 0.00000200. The molecule has 0 radical (unpaired) electrons. The second-order valence-corrected chi connectivity index (χ2v) is 6.04. The lowest BCUT2D eigenvalue weighted by atomic mass is 10.1. The molecule has 0 aliphatic heterocycles. The van der Waals surface area contributed by atoms with Crippen molar-refractivity contribution in [3.05, 3.63) is 29.3 Å². The SMILES string of the molecule is CNCCN(C)C(=O)CSc1ccc2c(c1)CCC2.Cl. The average molecular weight is 315 g/mol. The van der Waals surface area contributed by atoms with E-state index in [1.807, 2.05) is 14.1 Å². The summed E-state index contributed by atoms with van der Waals surface area (Å²) in [6, 6.07) is 6.63. The van der Waals surface area contributed by atoms with Crippen LogP contribution in [0.1, 0.15) is 17.5 Å². The molecule has 1 aliphatic carbocycles. The zero-order chi connectivity index (χ0) is 13.7. The lowest BCUT2D eigenvalue weighted by molar-refractivity contribution is -0.127. The van der Waals surface area contributed by atoms with Crippen molar-refractivity contribution in [3.8, 4) is 0 Å². The molecule has 112 valence electrons. The summed E-state index contributed by atoms with van der Waals surface area (Å²) < 4.78 is 0. The van der Waals surface area contributed by atoms with E-state index in [2.05, 4.69) is 23.5 Å². The monoisotopic (exact) mass is 314 g/mol. The molecule has 0 bridgehead atoms. The number of carbonyl (C=O) groups excluding carboxylic acids is 1. The standard InChI is InChI=1S/C15H22N2OS.ClH/c1-16-8-9-17(2)15(18)11-19-14-7-6-12-4-3-5-13(12)10-14;/h6-7,10,16H,3-5,8-9,11H2,1-2H3;1H. The number of thioether (sulfide) groups is 1. The summed E-state index contributed by atoms with van der Waals surface area (Å²) in [5.41, 5.74) is 2.96. The van der Waals surface area contributed by atoms with Crippen molar-refractivity contribution >= 4 is 30.1 Å². The van der Waals surface area contributed by atoms with Crippen LogP contribution in [0.3, 0.4) is 0 Å². The number of hydrogen-bond donors (Lipinski definition) is 1. The molecule has 3 nitrogen and oxygen atoms in total. The quantitative estimate of drug-likeness (QED) is 0.818. The van der Waals surface area contributed by atoms with Crippen molar-refractivity contribution in [3.63, 3.8) is 0 Å². The number of amides is 1. The number of nitrogens with one attached hydrogen (secondary N) is 1. The molecular weight excluding hydrogens is 292 g/mol. The molecule has 0 spiro atoms. The zero-order valence-electron chi connectivity index (χ0n) is 12.1. The fourth-order valence-corrected chi connectivity index (χ4v) is 3.20. The maximum atomic E-state index is 11.9. The van der Waals surface area contributed by atoms with E-state index >= 15 is 0 Å². The summed E-state index contributed by atoms with van der Waals surface area (Å²) in [5.74, 6) is 0.722. The van der Waals surface area contributed by atoms with Crippen molar-refractivity contribution in [1.82, 2.24) is 10.2 Å². The fraction of sp³-hybridized carbons (Fsp3) is 0.533. The Morgan fingerprint density at radius 1 is 1.35 bits per heavy atom. The molecule has 0 atom stereocenters. The third-order valence-corrected chi connectivity index (χ3v) is 4.53. The number of nitrogens with zero attached hydrogens (tertiary/aromatic N) is 1. The second kappa shape index (κ2) is 8.55. The van der Waals surface area contributed by atoms with Gasteiger partial charge in [-0.1, -0.05) is 6.07 Å². The van der Waals surface area contributed by atoms with Crippen LogP contribution < -0.4 is 5.32 Å². The van der Waals surface area contributed by atoms with Crippen molar-refractivity contribution < 1.29 is 4.79 Å².